The molecule has 1 heterocycles. The Bertz CT molecular complexity index is 545. The second-order valence-electron chi connectivity index (χ2n) is 4.79. The summed E-state index contributed by atoms with van der Waals surface area (Å²) in [5.74, 6) is 0.401. The summed E-state index contributed by atoms with van der Waals surface area (Å²) in [6.07, 6.45) is 1.98. The normalized spacial score (nSPS) is 22.0. The third kappa shape index (κ3) is 2.63. The lowest BCUT2D eigenvalue weighted by Gasteiger charge is -2.30. The van der Waals surface area contributed by atoms with Crippen LogP contribution in [0.3, 0.4) is 0 Å². The van der Waals surface area contributed by atoms with E-state index < -0.39 is 10.0 Å². The van der Waals surface area contributed by atoms with Crippen molar-refractivity contribution in [1.29, 1.82) is 0 Å². The molecule has 1 atom stereocenters. The molecule has 0 aromatic heterocycles. The molecule has 2 N–H and O–H groups in total. The number of benzene rings is 1. The van der Waals surface area contributed by atoms with Crippen molar-refractivity contribution in [2.45, 2.75) is 24.7 Å². The Balaban J connectivity index is 2.32. The highest BCUT2D eigenvalue weighted by Crippen LogP contribution is 2.27. The predicted octanol–water partition coefficient (Wildman–Crippen LogP) is 2.34. The van der Waals surface area contributed by atoms with Gasteiger partial charge in [-0.25, -0.2) is 8.42 Å². The van der Waals surface area contributed by atoms with Gasteiger partial charge in [0.25, 0.3) is 0 Å². The first-order chi connectivity index (χ1) is 8.41. The number of hydrogen-bond acceptors (Lipinski definition) is 3. The largest absolute Gasteiger partial charge is 0.398 e. The maximum absolute atomic E-state index is 12.4. The van der Waals surface area contributed by atoms with Crippen molar-refractivity contribution >= 4 is 27.3 Å². The van der Waals surface area contributed by atoms with E-state index >= 15 is 0 Å². The first-order valence-corrected chi connectivity index (χ1v) is 7.78. The lowest BCUT2D eigenvalue weighted by atomic mass is 10.0. The van der Waals surface area contributed by atoms with Gasteiger partial charge in [0.1, 0.15) is 0 Å². The maximum atomic E-state index is 12.4. The molecule has 100 valence electrons. The van der Waals surface area contributed by atoms with Gasteiger partial charge in [0.2, 0.25) is 10.0 Å². The monoisotopic (exact) mass is 288 g/mol. The van der Waals surface area contributed by atoms with Gasteiger partial charge in [-0.3, -0.25) is 0 Å². The number of rotatable bonds is 2. The van der Waals surface area contributed by atoms with Crippen molar-refractivity contribution in [3.63, 3.8) is 0 Å². The summed E-state index contributed by atoms with van der Waals surface area (Å²) in [5.41, 5.74) is 5.98. The highest BCUT2D eigenvalue weighted by molar-refractivity contribution is 7.89. The Kier molecular flexibility index (Phi) is 3.84. The molecule has 1 saturated heterocycles. The van der Waals surface area contributed by atoms with Crippen LogP contribution in [0, 0.1) is 5.92 Å². The van der Waals surface area contributed by atoms with Crippen molar-refractivity contribution in [3.05, 3.63) is 23.2 Å². The molecule has 1 aromatic rings. The second kappa shape index (κ2) is 5.07. The van der Waals surface area contributed by atoms with Crippen LogP contribution >= 0.6 is 11.6 Å². The van der Waals surface area contributed by atoms with E-state index in [1.807, 2.05) is 0 Å². The van der Waals surface area contributed by atoms with Gasteiger partial charge in [0, 0.05) is 13.1 Å². The molecule has 0 spiro atoms. The lowest BCUT2D eigenvalue weighted by molar-refractivity contribution is 0.281. The Morgan fingerprint density at radius 2 is 2.17 bits per heavy atom. The molecule has 1 aromatic carbocycles. The zero-order chi connectivity index (χ0) is 13.3. The van der Waals surface area contributed by atoms with Gasteiger partial charge >= 0.3 is 0 Å². The molecule has 1 fully saturated rings. The van der Waals surface area contributed by atoms with Crippen molar-refractivity contribution in [2.75, 3.05) is 18.8 Å². The fourth-order valence-corrected chi connectivity index (χ4v) is 4.05. The molecule has 0 amide bonds. The van der Waals surface area contributed by atoms with Crippen molar-refractivity contribution < 1.29 is 8.42 Å². The van der Waals surface area contributed by atoms with Crippen LogP contribution in [-0.4, -0.2) is 25.8 Å². The zero-order valence-corrected chi connectivity index (χ0v) is 11.8. The molecule has 18 heavy (non-hydrogen) atoms. The van der Waals surface area contributed by atoms with Gasteiger partial charge in [0.15, 0.2) is 0 Å². The van der Waals surface area contributed by atoms with Crippen LogP contribution in [0.5, 0.6) is 0 Å². The van der Waals surface area contributed by atoms with Gasteiger partial charge in [-0.05, 0) is 37.0 Å². The molecule has 0 radical (unpaired) electrons. The summed E-state index contributed by atoms with van der Waals surface area (Å²) in [7, 11) is -3.44. The van der Waals surface area contributed by atoms with E-state index in [4.69, 9.17) is 17.3 Å². The minimum atomic E-state index is -3.44. The summed E-state index contributed by atoms with van der Waals surface area (Å²) >= 11 is 5.88. The van der Waals surface area contributed by atoms with Gasteiger partial charge in [-0.15, -0.1) is 0 Å². The smallest absolute Gasteiger partial charge is 0.243 e. The zero-order valence-electron chi connectivity index (χ0n) is 10.3. The van der Waals surface area contributed by atoms with Crippen molar-refractivity contribution in [3.8, 4) is 0 Å². The average molecular weight is 289 g/mol. The Morgan fingerprint density at radius 1 is 1.44 bits per heavy atom. The van der Waals surface area contributed by atoms with Gasteiger partial charge in [0.05, 0.1) is 15.6 Å². The Hall–Kier alpha value is -0.780. The van der Waals surface area contributed by atoms with E-state index in [0.717, 1.165) is 12.8 Å². The van der Waals surface area contributed by atoms with E-state index in [2.05, 4.69) is 6.92 Å². The van der Waals surface area contributed by atoms with Crippen LogP contribution in [0.2, 0.25) is 5.02 Å². The van der Waals surface area contributed by atoms with E-state index in [0.29, 0.717) is 24.7 Å². The third-order valence-corrected chi connectivity index (χ3v) is 5.42. The molecular weight excluding hydrogens is 272 g/mol. The topological polar surface area (TPSA) is 63.4 Å². The van der Waals surface area contributed by atoms with Crippen LogP contribution in [0.4, 0.5) is 5.69 Å². The van der Waals surface area contributed by atoms with Crippen molar-refractivity contribution in [2.24, 2.45) is 5.92 Å². The summed E-state index contributed by atoms with van der Waals surface area (Å²) in [6.45, 7) is 3.22. The minimum absolute atomic E-state index is 0.218. The minimum Gasteiger partial charge on any atom is -0.398 e. The molecule has 6 heteroatoms. The third-order valence-electron chi connectivity index (χ3n) is 3.23. The summed E-state index contributed by atoms with van der Waals surface area (Å²) in [4.78, 5) is 0.218. The number of halogens is 1. The van der Waals surface area contributed by atoms with E-state index in [1.54, 1.807) is 0 Å². The second-order valence-corrected chi connectivity index (χ2v) is 7.14. The van der Waals surface area contributed by atoms with Crippen LogP contribution in [0.1, 0.15) is 19.8 Å². The lowest BCUT2D eigenvalue weighted by Crippen LogP contribution is -2.39. The quantitative estimate of drug-likeness (QED) is 0.850. The first-order valence-electron chi connectivity index (χ1n) is 5.96. The predicted molar refractivity (Wildman–Crippen MR) is 73.0 cm³/mol. The molecular formula is C12H17ClN2O2S. The standard InChI is InChI=1S/C12H17ClN2O2S/c1-9-3-2-6-15(8-9)18(16,17)10-4-5-12(14)11(13)7-10/h4-5,7,9H,2-3,6,8,14H2,1H3. The van der Waals surface area contributed by atoms with Crippen LogP contribution < -0.4 is 5.73 Å². The molecule has 0 bridgehead atoms. The van der Waals surface area contributed by atoms with Crippen LogP contribution in [-0.2, 0) is 10.0 Å². The number of sulfonamides is 1. The van der Waals surface area contributed by atoms with Crippen LogP contribution in [0.15, 0.2) is 23.1 Å². The van der Waals surface area contributed by atoms with E-state index in [1.165, 1.54) is 22.5 Å². The average Bonchev–Trinajstić information content (AvgIpc) is 2.32. The SMILES string of the molecule is CC1CCCN(S(=O)(=O)c2ccc(N)c(Cl)c2)C1. The highest BCUT2D eigenvalue weighted by atomic mass is 35.5. The fourth-order valence-electron chi connectivity index (χ4n) is 2.18. The molecule has 4 nitrogen and oxygen atoms in total. The van der Waals surface area contributed by atoms with Gasteiger partial charge in [-0.2, -0.15) is 4.31 Å². The first kappa shape index (κ1) is 13.6. The molecule has 1 unspecified atom stereocenters. The summed E-state index contributed by atoms with van der Waals surface area (Å²) in [5, 5.41) is 0.279. The number of anilines is 1. The number of nitrogens with two attached hydrogens (primary N) is 1. The summed E-state index contributed by atoms with van der Waals surface area (Å²) < 4.78 is 26.4. The van der Waals surface area contributed by atoms with E-state index in [-0.39, 0.29) is 9.92 Å². The number of hydrogen-bond donors (Lipinski definition) is 1. The molecule has 1 aliphatic rings. The summed E-state index contributed by atoms with van der Waals surface area (Å²) in [6, 6.07) is 4.46. The highest BCUT2D eigenvalue weighted by Gasteiger charge is 2.28. The number of nitrogen functional groups attached to an aromatic ring is 1. The Labute approximate surface area is 113 Å². The molecule has 0 saturated carbocycles. The number of nitrogens with zero attached hydrogens (tertiary/aromatic N) is 1. The fraction of sp³-hybridized carbons (Fsp3) is 0.500. The van der Waals surface area contributed by atoms with Crippen LogP contribution in [0.25, 0.3) is 0 Å². The Morgan fingerprint density at radius 3 is 2.78 bits per heavy atom. The molecule has 1 aliphatic heterocycles. The van der Waals surface area contributed by atoms with Crippen molar-refractivity contribution in [1.82, 2.24) is 4.31 Å². The molecule has 0 aliphatic carbocycles. The van der Waals surface area contributed by atoms with Gasteiger partial charge in [-0.1, -0.05) is 18.5 Å². The maximum Gasteiger partial charge on any atom is 0.243 e. The number of piperidine rings is 1. The van der Waals surface area contributed by atoms with E-state index in [9.17, 15) is 8.42 Å². The molecule has 2 rings (SSSR count). The van der Waals surface area contributed by atoms with Gasteiger partial charge < -0.3 is 5.73 Å².